The van der Waals surface area contributed by atoms with E-state index in [4.69, 9.17) is 10.00 Å². The third kappa shape index (κ3) is 6.62. The van der Waals surface area contributed by atoms with Crippen molar-refractivity contribution in [2.75, 3.05) is 13.2 Å². The van der Waals surface area contributed by atoms with Crippen LogP contribution in [0.25, 0.3) is 0 Å². The zero-order valence-corrected chi connectivity index (χ0v) is 19.2. The Morgan fingerprint density at radius 3 is 2.23 bits per heavy atom. The van der Waals surface area contributed by atoms with E-state index < -0.39 is 0 Å². The highest BCUT2D eigenvalue weighted by Crippen LogP contribution is 2.35. The smallest absolute Gasteiger partial charge is 0.260 e. The van der Waals surface area contributed by atoms with E-state index in [0.29, 0.717) is 19.5 Å². The van der Waals surface area contributed by atoms with Gasteiger partial charge in [0.25, 0.3) is 5.91 Å². The lowest BCUT2D eigenvalue weighted by Gasteiger charge is -2.28. The van der Waals surface area contributed by atoms with E-state index in [-0.39, 0.29) is 23.3 Å². The topological polar surface area (TPSA) is 53.3 Å². The lowest BCUT2D eigenvalue weighted by molar-refractivity contribution is -0.134. The van der Waals surface area contributed by atoms with E-state index in [1.807, 2.05) is 36.4 Å². The minimum Gasteiger partial charge on any atom is -0.483 e. The highest BCUT2D eigenvalue weighted by atomic mass is 16.5. The molecular formula is C26H34N2O2. The first-order valence-corrected chi connectivity index (χ1v) is 10.5. The Hall–Kier alpha value is -2.80. The van der Waals surface area contributed by atoms with Gasteiger partial charge in [0, 0.05) is 13.1 Å². The number of nitrogens with zero attached hydrogens (tertiary/aromatic N) is 2. The van der Waals surface area contributed by atoms with Gasteiger partial charge in [0.05, 0.1) is 12.5 Å². The van der Waals surface area contributed by atoms with E-state index in [2.05, 4.69) is 59.7 Å². The number of ether oxygens (including phenoxy) is 1. The van der Waals surface area contributed by atoms with Gasteiger partial charge in [0.1, 0.15) is 5.75 Å². The number of nitriles is 1. The molecule has 2 aromatic carbocycles. The molecule has 0 aliphatic rings. The molecule has 1 amide bonds. The molecular weight excluding hydrogens is 372 g/mol. The van der Waals surface area contributed by atoms with Crippen LogP contribution in [0, 0.1) is 11.3 Å². The summed E-state index contributed by atoms with van der Waals surface area (Å²) >= 11 is 0. The first-order valence-electron chi connectivity index (χ1n) is 10.5. The van der Waals surface area contributed by atoms with Gasteiger partial charge >= 0.3 is 0 Å². The van der Waals surface area contributed by atoms with E-state index >= 15 is 0 Å². The molecule has 0 radical (unpaired) electrons. The zero-order chi connectivity index (χ0) is 22.4. The van der Waals surface area contributed by atoms with Crippen LogP contribution in [0.3, 0.4) is 0 Å². The van der Waals surface area contributed by atoms with Gasteiger partial charge in [-0.1, -0.05) is 84.0 Å². The van der Waals surface area contributed by atoms with Gasteiger partial charge in [0.2, 0.25) is 0 Å². The van der Waals surface area contributed by atoms with Crippen LogP contribution in [0.15, 0.2) is 48.5 Å². The maximum absolute atomic E-state index is 12.9. The molecule has 0 bridgehead atoms. The Kier molecular flexibility index (Phi) is 7.67. The Balaban J connectivity index is 2.18. The number of benzene rings is 2. The number of amides is 1. The second-order valence-corrected chi connectivity index (χ2v) is 9.71. The first kappa shape index (κ1) is 23.5. The molecule has 160 valence electrons. The summed E-state index contributed by atoms with van der Waals surface area (Å²) in [4.78, 5) is 14.6. The number of hydrogen-bond acceptors (Lipinski definition) is 3. The third-order valence-electron chi connectivity index (χ3n) is 5.07. The molecule has 4 heteroatoms. The van der Waals surface area contributed by atoms with Gasteiger partial charge in [-0.15, -0.1) is 0 Å². The molecule has 0 saturated heterocycles. The van der Waals surface area contributed by atoms with Crippen LogP contribution in [-0.4, -0.2) is 24.0 Å². The number of carbonyl (C=O) groups is 1. The SMILES string of the molecule is CC(C)(C)c1ccc(OCC(=O)N(CCC#N)Cc2ccccc2)c(C(C)(C)C)c1. The van der Waals surface area contributed by atoms with Crippen LogP contribution in [0.4, 0.5) is 0 Å². The van der Waals surface area contributed by atoms with Crippen molar-refractivity contribution in [3.05, 3.63) is 65.2 Å². The van der Waals surface area contributed by atoms with Crippen molar-refractivity contribution in [1.29, 1.82) is 5.26 Å². The van der Waals surface area contributed by atoms with E-state index in [1.54, 1.807) is 4.90 Å². The largest absolute Gasteiger partial charge is 0.483 e. The molecule has 0 atom stereocenters. The fourth-order valence-electron chi connectivity index (χ4n) is 3.22. The molecule has 2 aromatic rings. The molecule has 0 saturated carbocycles. The van der Waals surface area contributed by atoms with Crippen LogP contribution in [-0.2, 0) is 22.2 Å². The molecule has 30 heavy (non-hydrogen) atoms. The predicted molar refractivity (Wildman–Crippen MR) is 121 cm³/mol. The standard InChI is InChI=1S/C26H34N2O2/c1-25(2,3)21-13-14-23(22(17-21)26(4,5)6)30-19-24(29)28(16-10-15-27)18-20-11-8-7-9-12-20/h7-9,11-14,17H,10,16,18-19H2,1-6H3. The fourth-order valence-corrected chi connectivity index (χ4v) is 3.22. The first-order chi connectivity index (χ1) is 14.0. The van der Waals surface area contributed by atoms with Gasteiger partial charge in [-0.3, -0.25) is 4.79 Å². The summed E-state index contributed by atoms with van der Waals surface area (Å²) < 4.78 is 6.02. The zero-order valence-electron chi connectivity index (χ0n) is 19.2. The molecule has 0 N–H and O–H groups in total. The maximum atomic E-state index is 12.9. The van der Waals surface area contributed by atoms with Crippen molar-refractivity contribution in [3.63, 3.8) is 0 Å². The Labute approximate surface area is 181 Å². The lowest BCUT2D eigenvalue weighted by atomic mass is 9.80. The van der Waals surface area contributed by atoms with Crippen molar-refractivity contribution < 1.29 is 9.53 Å². The van der Waals surface area contributed by atoms with E-state index in [9.17, 15) is 4.79 Å². The average molecular weight is 407 g/mol. The lowest BCUT2D eigenvalue weighted by Crippen LogP contribution is -2.35. The average Bonchev–Trinajstić information content (AvgIpc) is 2.68. The molecule has 4 nitrogen and oxygen atoms in total. The second-order valence-electron chi connectivity index (χ2n) is 9.71. The van der Waals surface area contributed by atoms with Crippen molar-refractivity contribution >= 4 is 5.91 Å². The minimum atomic E-state index is -0.117. The summed E-state index contributed by atoms with van der Waals surface area (Å²) in [5.41, 5.74) is 3.30. The van der Waals surface area contributed by atoms with Gasteiger partial charge < -0.3 is 9.64 Å². The van der Waals surface area contributed by atoms with Gasteiger partial charge in [0.15, 0.2) is 6.61 Å². The Bertz CT molecular complexity index is 884. The summed E-state index contributed by atoms with van der Waals surface area (Å²) in [6.07, 6.45) is 0.298. The normalized spacial score (nSPS) is 11.6. The molecule has 0 spiro atoms. The maximum Gasteiger partial charge on any atom is 0.260 e. The number of carbonyl (C=O) groups excluding carboxylic acids is 1. The van der Waals surface area contributed by atoms with Gasteiger partial charge in [-0.2, -0.15) is 5.26 Å². The Morgan fingerprint density at radius 1 is 1.00 bits per heavy atom. The number of hydrogen-bond donors (Lipinski definition) is 0. The number of rotatable bonds is 7. The molecule has 0 fully saturated rings. The van der Waals surface area contributed by atoms with Crippen LogP contribution in [0.2, 0.25) is 0 Å². The highest BCUT2D eigenvalue weighted by molar-refractivity contribution is 5.78. The summed E-state index contributed by atoms with van der Waals surface area (Å²) in [7, 11) is 0. The van der Waals surface area contributed by atoms with Crippen LogP contribution >= 0.6 is 0 Å². The monoisotopic (exact) mass is 406 g/mol. The summed E-state index contributed by atoms with van der Waals surface area (Å²) in [5, 5.41) is 8.97. The van der Waals surface area contributed by atoms with Crippen LogP contribution < -0.4 is 4.74 Å². The predicted octanol–water partition coefficient (Wildman–Crippen LogP) is 5.60. The van der Waals surface area contributed by atoms with Crippen LogP contribution in [0.1, 0.15) is 64.7 Å². The van der Waals surface area contributed by atoms with Crippen molar-refractivity contribution in [2.45, 2.75) is 65.3 Å². The van der Waals surface area contributed by atoms with Crippen molar-refractivity contribution in [1.82, 2.24) is 4.90 Å². The molecule has 0 aliphatic carbocycles. The molecule has 0 aliphatic heterocycles. The summed E-state index contributed by atoms with van der Waals surface area (Å²) in [5.74, 6) is 0.623. The van der Waals surface area contributed by atoms with E-state index in [0.717, 1.165) is 16.9 Å². The van der Waals surface area contributed by atoms with Crippen molar-refractivity contribution in [3.8, 4) is 11.8 Å². The quantitative estimate of drug-likeness (QED) is 0.601. The molecule has 0 aromatic heterocycles. The Morgan fingerprint density at radius 2 is 1.67 bits per heavy atom. The van der Waals surface area contributed by atoms with Gasteiger partial charge in [-0.05, 0) is 33.6 Å². The van der Waals surface area contributed by atoms with Crippen molar-refractivity contribution in [2.24, 2.45) is 0 Å². The molecule has 2 rings (SSSR count). The van der Waals surface area contributed by atoms with Crippen LogP contribution in [0.5, 0.6) is 5.75 Å². The second kappa shape index (κ2) is 9.80. The minimum absolute atomic E-state index is 0.0398. The highest BCUT2D eigenvalue weighted by Gasteiger charge is 2.24. The summed E-state index contributed by atoms with van der Waals surface area (Å²) in [6.45, 7) is 13.8. The van der Waals surface area contributed by atoms with Gasteiger partial charge in [-0.25, -0.2) is 0 Å². The van der Waals surface area contributed by atoms with E-state index in [1.165, 1.54) is 5.56 Å². The molecule has 0 unspecified atom stereocenters. The summed E-state index contributed by atoms with van der Waals surface area (Å²) in [6, 6.07) is 18.2. The fraction of sp³-hybridized carbons (Fsp3) is 0.462. The third-order valence-corrected chi connectivity index (χ3v) is 5.07. The molecule has 0 heterocycles.